The van der Waals surface area contributed by atoms with Crippen molar-refractivity contribution in [3.05, 3.63) is 53.8 Å². The third-order valence-electron chi connectivity index (χ3n) is 4.26. The summed E-state index contributed by atoms with van der Waals surface area (Å²) in [6.45, 7) is 5.79. The van der Waals surface area contributed by atoms with Gasteiger partial charge < -0.3 is 9.64 Å². The summed E-state index contributed by atoms with van der Waals surface area (Å²) in [4.78, 5) is 2.27. The lowest BCUT2D eigenvalue weighted by molar-refractivity contribution is 0.0989. The number of halogens is 1. The lowest BCUT2D eigenvalue weighted by atomic mass is 10.2. The Hall–Kier alpha value is -2.12. The number of sulfonamides is 1. The minimum Gasteiger partial charge on any atom is -0.377 e. The maximum atomic E-state index is 13.3. The summed E-state index contributed by atoms with van der Waals surface area (Å²) in [5, 5.41) is 0. The van der Waals surface area contributed by atoms with Crippen molar-refractivity contribution in [3.63, 3.8) is 0 Å². The molecule has 0 spiro atoms. The van der Waals surface area contributed by atoms with Crippen LogP contribution in [0.5, 0.6) is 0 Å². The Morgan fingerprint density at radius 2 is 1.92 bits per heavy atom. The number of aryl methyl sites for hydroxylation is 1. The number of anilines is 2. The number of benzene rings is 2. The van der Waals surface area contributed by atoms with E-state index in [1.807, 2.05) is 12.1 Å². The number of nitrogens with one attached hydrogen (secondary N) is 1. The van der Waals surface area contributed by atoms with Crippen LogP contribution >= 0.6 is 0 Å². The molecule has 0 radical (unpaired) electrons. The van der Waals surface area contributed by atoms with Gasteiger partial charge in [0.1, 0.15) is 5.82 Å². The zero-order valence-electron chi connectivity index (χ0n) is 14.2. The van der Waals surface area contributed by atoms with Crippen LogP contribution in [0.4, 0.5) is 15.8 Å². The molecule has 2 aromatic rings. The molecule has 0 aromatic heterocycles. The normalized spacial score (nSPS) is 18.2. The van der Waals surface area contributed by atoms with Crippen molar-refractivity contribution in [1.82, 2.24) is 0 Å². The molecular weight excluding hydrogens is 343 g/mol. The predicted molar refractivity (Wildman–Crippen MR) is 96.0 cm³/mol. The van der Waals surface area contributed by atoms with Crippen LogP contribution < -0.4 is 9.62 Å². The number of hydrogen-bond acceptors (Lipinski definition) is 4. The average Bonchev–Trinajstić information content (AvgIpc) is 2.58. The van der Waals surface area contributed by atoms with E-state index in [0.717, 1.165) is 18.3 Å². The van der Waals surface area contributed by atoms with E-state index in [9.17, 15) is 12.8 Å². The molecule has 1 saturated heterocycles. The Bertz CT molecular complexity index is 853. The van der Waals surface area contributed by atoms with E-state index < -0.39 is 15.8 Å². The monoisotopic (exact) mass is 364 g/mol. The molecule has 7 heteroatoms. The molecule has 1 aliphatic heterocycles. The van der Waals surface area contributed by atoms with E-state index in [-0.39, 0.29) is 10.9 Å². The fourth-order valence-corrected chi connectivity index (χ4v) is 3.97. The maximum Gasteiger partial charge on any atom is 0.261 e. The summed E-state index contributed by atoms with van der Waals surface area (Å²) in [6, 6.07) is 11.2. The van der Waals surface area contributed by atoms with Crippen LogP contribution in [0.15, 0.2) is 47.4 Å². The highest BCUT2D eigenvalue weighted by atomic mass is 32.2. The third-order valence-corrected chi connectivity index (χ3v) is 5.64. The largest absolute Gasteiger partial charge is 0.377 e. The first-order chi connectivity index (χ1) is 11.9. The fraction of sp³-hybridized carbons (Fsp3) is 0.333. The minimum absolute atomic E-state index is 0.0391. The Balaban J connectivity index is 1.77. The van der Waals surface area contributed by atoms with E-state index >= 15 is 0 Å². The molecule has 134 valence electrons. The van der Waals surface area contributed by atoms with E-state index in [1.165, 1.54) is 19.1 Å². The number of ether oxygens (including phenoxy) is 1. The standard InChI is InChI=1S/C18H21FN2O3S/c1-13-11-17(7-8-18(13)19)25(22,23)20-15-3-5-16(6-4-15)21-9-10-24-12-14(21)2/h3-8,11,14,20H,9-10,12H2,1-2H3. The van der Waals surface area contributed by atoms with Crippen molar-refractivity contribution < 1.29 is 17.5 Å². The molecule has 0 amide bonds. The quantitative estimate of drug-likeness (QED) is 0.905. The van der Waals surface area contributed by atoms with E-state index in [0.29, 0.717) is 24.5 Å². The first-order valence-corrected chi connectivity index (χ1v) is 9.58. The summed E-state index contributed by atoms with van der Waals surface area (Å²) >= 11 is 0. The van der Waals surface area contributed by atoms with Gasteiger partial charge in [0.05, 0.1) is 18.1 Å². The summed E-state index contributed by atoms with van der Waals surface area (Å²) in [7, 11) is -3.75. The first-order valence-electron chi connectivity index (χ1n) is 8.10. The fourth-order valence-electron chi connectivity index (χ4n) is 2.83. The number of morpholine rings is 1. The highest BCUT2D eigenvalue weighted by Gasteiger charge is 2.20. The Morgan fingerprint density at radius 3 is 2.56 bits per heavy atom. The van der Waals surface area contributed by atoms with Crippen LogP contribution in [-0.2, 0) is 14.8 Å². The Kier molecular flexibility index (Phi) is 4.96. The second kappa shape index (κ2) is 7.01. The predicted octanol–water partition coefficient (Wildman–Crippen LogP) is 3.16. The molecule has 2 aromatic carbocycles. The second-order valence-corrected chi connectivity index (χ2v) is 7.86. The summed E-state index contributed by atoms with van der Waals surface area (Å²) < 4.78 is 46.2. The molecule has 1 fully saturated rings. The molecule has 1 heterocycles. The second-order valence-electron chi connectivity index (χ2n) is 6.18. The third kappa shape index (κ3) is 3.93. The van der Waals surface area contributed by atoms with Crippen molar-refractivity contribution >= 4 is 21.4 Å². The van der Waals surface area contributed by atoms with Crippen molar-refractivity contribution in [2.75, 3.05) is 29.4 Å². The molecule has 5 nitrogen and oxygen atoms in total. The molecule has 0 aliphatic carbocycles. The lowest BCUT2D eigenvalue weighted by Gasteiger charge is -2.35. The van der Waals surface area contributed by atoms with Crippen LogP contribution in [0.3, 0.4) is 0 Å². The van der Waals surface area contributed by atoms with Gasteiger partial charge in [-0.25, -0.2) is 12.8 Å². The Morgan fingerprint density at radius 1 is 1.20 bits per heavy atom. The SMILES string of the molecule is Cc1cc(S(=O)(=O)Nc2ccc(N3CCOCC3C)cc2)ccc1F. The van der Waals surface area contributed by atoms with Crippen molar-refractivity contribution in [2.45, 2.75) is 24.8 Å². The van der Waals surface area contributed by atoms with Gasteiger partial charge in [-0.2, -0.15) is 0 Å². The van der Waals surface area contributed by atoms with Gasteiger partial charge in [0.15, 0.2) is 0 Å². The number of nitrogens with zero attached hydrogens (tertiary/aromatic N) is 1. The van der Waals surface area contributed by atoms with Crippen LogP contribution in [0.25, 0.3) is 0 Å². The Labute approximate surface area is 147 Å². The van der Waals surface area contributed by atoms with Crippen molar-refractivity contribution in [1.29, 1.82) is 0 Å². The van der Waals surface area contributed by atoms with Gasteiger partial charge >= 0.3 is 0 Å². The van der Waals surface area contributed by atoms with Gasteiger partial charge in [-0.05, 0) is 61.9 Å². The van der Waals surface area contributed by atoms with Crippen LogP contribution in [0.1, 0.15) is 12.5 Å². The average molecular weight is 364 g/mol. The smallest absolute Gasteiger partial charge is 0.261 e. The van der Waals surface area contributed by atoms with Crippen molar-refractivity contribution in [3.8, 4) is 0 Å². The molecule has 1 atom stereocenters. The molecule has 3 rings (SSSR count). The van der Waals surface area contributed by atoms with Gasteiger partial charge in [0.2, 0.25) is 0 Å². The van der Waals surface area contributed by atoms with E-state index in [2.05, 4.69) is 16.5 Å². The van der Waals surface area contributed by atoms with Gasteiger partial charge in [-0.15, -0.1) is 0 Å². The summed E-state index contributed by atoms with van der Waals surface area (Å²) in [6.07, 6.45) is 0. The lowest BCUT2D eigenvalue weighted by Crippen LogP contribution is -2.43. The highest BCUT2D eigenvalue weighted by molar-refractivity contribution is 7.92. The summed E-state index contributed by atoms with van der Waals surface area (Å²) in [5.41, 5.74) is 1.78. The van der Waals surface area contributed by atoms with Crippen molar-refractivity contribution in [2.24, 2.45) is 0 Å². The van der Waals surface area contributed by atoms with Crippen LogP contribution in [0, 0.1) is 12.7 Å². The maximum absolute atomic E-state index is 13.3. The van der Waals surface area contributed by atoms with Crippen LogP contribution in [0.2, 0.25) is 0 Å². The molecule has 1 N–H and O–H groups in total. The van der Waals surface area contributed by atoms with Gasteiger partial charge in [-0.1, -0.05) is 0 Å². The molecule has 0 bridgehead atoms. The van der Waals surface area contributed by atoms with E-state index in [1.54, 1.807) is 12.1 Å². The molecule has 1 aliphatic rings. The first kappa shape index (κ1) is 17.7. The highest BCUT2D eigenvalue weighted by Crippen LogP contribution is 2.24. The zero-order valence-corrected chi connectivity index (χ0v) is 15.0. The van der Waals surface area contributed by atoms with Gasteiger partial charge in [-0.3, -0.25) is 4.72 Å². The van der Waals surface area contributed by atoms with Crippen LogP contribution in [-0.4, -0.2) is 34.2 Å². The number of rotatable bonds is 4. The molecular formula is C18H21FN2O3S. The topological polar surface area (TPSA) is 58.6 Å². The van der Waals surface area contributed by atoms with E-state index in [4.69, 9.17) is 4.74 Å². The molecule has 25 heavy (non-hydrogen) atoms. The zero-order chi connectivity index (χ0) is 18.0. The van der Waals surface area contributed by atoms with Gasteiger partial charge in [0, 0.05) is 24.0 Å². The molecule has 0 saturated carbocycles. The minimum atomic E-state index is -3.75. The number of hydrogen-bond donors (Lipinski definition) is 1. The molecule has 1 unspecified atom stereocenters. The summed E-state index contributed by atoms with van der Waals surface area (Å²) in [5.74, 6) is -0.428. The van der Waals surface area contributed by atoms with Gasteiger partial charge in [0.25, 0.3) is 10.0 Å².